The normalized spacial score (nSPS) is 40.8. The van der Waals surface area contributed by atoms with Crippen LogP contribution in [0, 0.1) is 47.3 Å². The molecule has 5 aliphatic rings. The van der Waals surface area contributed by atoms with E-state index in [0.29, 0.717) is 75.4 Å². The number of carbonyl (C=O) groups excluding carboxylic acids is 2. The summed E-state index contributed by atoms with van der Waals surface area (Å²) in [5, 5.41) is 105. The number of carbonyl (C=O) groups is 2. The van der Waals surface area contributed by atoms with Crippen molar-refractivity contribution in [1.82, 2.24) is 0 Å². The molecule has 5 heterocycles. The summed E-state index contributed by atoms with van der Waals surface area (Å²) < 4.78 is 55.4. The summed E-state index contributed by atoms with van der Waals surface area (Å²) in [5.41, 5.74) is 1.37. The van der Waals surface area contributed by atoms with Crippen LogP contribution in [0.2, 0.25) is 0 Å². The number of cyclic esters (lactones) is 2. The van der Waals surface area contributed by atoms with Crippen LogP contribution in [0.3, 0.4) is 0 Å². The topological polar surface area (TPSA) is 299 Å². The quantitative estimate of drug-likeness (QED) is 0.0544. The van der Waals surface area contributed by atoms with E-state index < -0.39 is 139 Å². The van der Waals surface area contributed by atoms with Crippen molar-refractivity contribution in [2.45, 2.75) is 333 Å². The van der Waals surface area contributed by atoms with Gasteiger partial charge in [-0.05, 0) is 129 Å². The lowest BCUT2D eigenvalue weighted by atomic mass is 9.78. The van der Waals surface area contributed by atoms with Gasteiger partial charge in [-0.25, -0.2) is 9.59 Å². The predicted octanol–water partition coefficient (Wildman–Crippen LogP) is 9.45. The highest BCUT2D eigenvalue weighted by Crippen LogP contribution is 2.37. The van der Waals surface area contributed by atoms with Gasteiger partial charge in [0.15, 0.2) is 0 Å². The molecule has 4 bridgehead atoms. The van der Waals surface area contributed by atoms with Crippen molar-refractivity contribution in [2.24, 2.45) is 47.3 Å². The van der Waals surface area contributed by atoms with E-state index in [9.17, 15) is 55.5 Å². The van der Waals surface area contributed by atoms with E-state index in [4.69, 9.17) is 42.6 Å². The van der Waals surface area contributed by atoms with Crippen molar-refractivity contribution in [3.8, 4) is 0 Å². The molecule has 5 rings (SSSR count). The molecule has 0 aromatic rings. The van der Waals surface area contributed by atoms with Gasteiger partial charge in [-0.2, -0.15) is 0 Å². The van der Waals surface area contributed by atoms with Crippen molar-refractivity contribution in [3.63, 3.8) is 0 Å². The summed E-state index contributed by atoms with van der Waals surface area (Å²) in [7, 11) is 4.86. The molecule has 0 spiro atoms. The fourth-order valence-electron chi connectivity index (χ4n) is 15.2. The number of allylic oxidation sites excluding steroid dienone is 4. The summed E-state index contributed by atoms with van der Waals surface area (Å²) in [6.45, 7) is 22.3. The number of aliphatic hydroxyl groups excluding tert-OH is 9. The zero-order chi connectivity index (χ0) is 71.8. The first-order valence-corrected chi connectivity index (χ1v) is 36.7. The van der Waals surface area contributed by atoms with E-state index in [1.54, 1.807) is 61.2 Å². The highest BCUT2D eigenvalue weighted by Gasteiger charge is 2.42. The molecule has 30 unspecified atom stereocenters. The van der Waals surface area contributed by atoms with Gasteiger partial charge in [-0.3, -0.25) is 0 Å². The van der Waals surface area contributed by atoms with Crippen molar-refractivity contribution >= 4 is 11.9 Å². The number of esters is 2. The fourth-order valence-corrected chi connectivity index (χ4v) is 15.2. The van der Waals surface area contributed by atoms with Gasteiger partial charge in [0.05, 0.1) is 122 Å². The second-order valence-electron chi connectivity index (χ2n) is 30.1. The molecule has 20 nitrogen and oxygen atoms in total. The van der Waals surface area contributed by atoms with E-state index >= 15 is 0 Å². The lowest BCUT2D eigenvalue weighted by molar-refractivity contribution is -0.158. The smallest absolute Gasteiger partial charge is 0.331 e. The van der Waals surface area contributed by atoms with E-state index in [1.807, 2.05) is 91.8 Å². The van der Waals surface area contributed by atoms with Gasteiger partial charge in [-0.1, -0.05) is 115 Å². The number of aliphatic hydroxyl groups is 9. The van der Waals surface area contributed by atoms with Gasteiger partial charge >= 0.3 is 11.9 Å². The molecule has 0 aliphatic carbocycles. The molecule has 2 saturated heterocycles. The zero-order valence-corrected chi connectivity index (χ0v) is 61.3. The molecule has 558 valence electrons. The van der Waals surface area contributed by atoms with E-state index in [-0.39, 0.29) is 93.1 Å². The van der Waals surface area contributed by atoms with Crippen LogP contribution in [0.4, 0.5) is 0 Å². The van der Waals surface area contributed by atoms with Crippen LogP contribution >= 0.6 is 0 Å². The van der Waals surface area contributed by atoms with E-state index in [0.717, 1.165) is 12.8 Å². The van der Waals surface area contributed by atoms with Crippen molar-refractivity contribution in [2.75, 3.05) is 21.3 Å². The summed E-state index contributed by atoms with van der Waals surface area (Å²) in [4.78, 5) is 27.8. The van der Waals surface area contributed by atoms with Crippen LogP contribution < -0.4 is 0 Å². The minimum absolute atomic E-state index is 0.0308. The summed E-state index contributed by atoms with van der Waals surface area (Å²) in [6.07, 6.45) is 12.4. The molecule has 0 aromatic heterocycles. The number of hydrogen-bond acceptors (Lipinski definition) is 20. The molecule has 9 N–H and O–H groups in total. The lowest BCUT2D eigenvalue weighted by Crippen LogP contribution is -2.45. The van der Waals surface area contributed by atoms with Crippen molar-refractivity contribution in [1.29, 1.82) is 0 Å². The molecule has 0 saturated carbocycles. The summed E-state index contributed by atoms with van der Waals surface area (Å²) >= 11 is 0. The van der Waals surface area contributed by atoms with Crippen molar-refractivity contribution in [3.05, 3.63) is 71.9 Å². The Morgan fingerprint density at radius 3 is 1.24 bits per heavy atom. The second kappa shape index (κ2) is 42.4. The molecule has 0 radical (unpaired) electrons. The number of methoxy groups -OCH3 is 3. The van der Waals surface area contributed by atoms with Gasteiger partial charge in [-0.15, -0.1) is 0 Å². The number of hydrogen-bond donors (Lipinski definition) is 9. The van der Waals surface area contributed by atoms with Gasteiger partial charge in [0, 0.05) is 94.7 Å². The minimum atomic E-state index is -1.18. The first-order valence-electron chi connectivity index (χ1n) is 36.7. The molecule has 0 amide bonds. The Bertz CT molecular complexity index is 2460. The SMILES string of the molecule is COC1CC(C)OC(CCC(C)C(O)C(C)C2OC(=O)/C=C\C(C)=C/CC(O)CC3C=CCC(CC(OC)C(C)C(O)CC(O)C(C)C(C(C)C(O)C(C)CCC4CC(O)CC(C)O4)OC(=O)/C=C\C(C)=CCC(O)CC4C=CCC(CC(OC)C(C)C(O)CC(O)C2C)O4)O3)C1. The fraction of sp³-hybridized carbons (Fsp3) is 0.818. The van der Waals surface area contributed by atoms with Crippen LogP contribution in [0.1, 0.15) is 199 Å². The Labute approximate surface area is 581 Å². The molecule has 0 aromatic carbocycles. The lowest BCUT2D eigenvalue weighted by Gasteiger charge is -2.38. The minimum Gasteiger partial charge on any atom is -0.458 e. The maximum atomic E-state index is 13.9. The van der Waals surface area contributed by atoms with Gasteiger partial charge in [0.25, 0.3) is 0 Å². The maximum Gasteiger partial charge on any atom is 0.331 e. The van der Waals surface area contributed by atoms with Crippen LogP contribution in [0.5, 0.6) is 0 Å². The average Bonchev–Trinajstić information content (AvgIpc) is 0.908. The van der Waals surface area contributed by atoms with Crippen molar-refractivity contribution < 1.29 is 98.2 Å². The molecule has 20 heteroatoms. The summed E-state index contributed by atoms with van der Waals surface area (Å²) in [5.74, 6) is -5.62. The Morgan fingerprint density at radius 1 is 0.454 bits per heavy atom. The molecule has 2 fully saturated rings. The largest absolute Gasteiger partial charge is 0.458 e. The Kier molecular flexibility index (Phi) is 36.9. The van der Waals surface area contributed by atoms with E-state index in [2.05, 4.69) is 0 Å². The third-order valence-electron chi connectivity index (χ3n) is 21.9. The monoisotopic (exact) mass is 1370 g/mol. The number of ether oxygens (including phenoxy) is 9. The van der Waals surface area contributed by atoms with Gasteiger partial charge in [0.1, 0.15) is 12.2 Å². The Balaban J connectivity index is 1.36. The van der Waals surface area contributed by atoms with Gasteiger partial charge in [0.2, 0.25) is 0 Å². The maximum absolute atomic E-state index is 13.9. The molecular formula is C77H130O20. The van der Waals surface area contributed by atoms with Crippen LogP contribution in [0.25, 0.3) is 0 Å². The predicted molar refractivity (Wildman–Crippen MR) is 373 cm³/mol. The van der Waals surface area contributed by atoms with Crippen LogP contribution in [-0.4, -0.2) is 214 Å². The molecule has 97 heavy (non-hydrogen) atoms. The zero-order valence-electron chi connectivity index (χ0n) is 61.3. The molecule has 30 atom stereocenters. The average molecular weight is 1380 g/mol. The first-order chi connectivity index (χ1) is 45.9. The molecule has 5 aliphatic heterocycles. The highest BCUT2D eigenvalue weighted by molar-refractivity contribution is 5.83. The van der Waals surface area contributed by atoms with Crippen LogP contribution in [0.15, 0.2) is 71.9 Å². The van der Waals surface area contributed by atoms with E-state index in [1.165, 1.54) is 12.2 Å². The summed E-state index contributed by atoms with van der Waals surface area (Å²) in [6, 6.07) is 0. The highest BCUT2D eigenvalue weighted by atomic mass is 16.6. The Hall–Kier alpha value is -3.26. The number of fused-ring (bicyclic) bond motifs is 4. The standard InChI is InChI=1S/C77H130O20/c1-44-22-28-56(78)36-59-19-17-21-62(95-59)41-71(91-15)51(8)67(82)43-69(84)53(10)77(55(12)75(88)47(4)27-31-64-39-65(89-13)35-49(6)93-64)97-73(86)33-25-45(2)23-29-57(79)37-60-18-16-20-61(94-60)40-70(90-14)50(7)66(81)42-68(83)52(9)76(96-72(85)32-24-44)54(11)74(87)46(3)26-30-63-38-58(80)34-48(5)92-63/h16-19,22-25,32-33,46-71,74-84,87-88H,20-21,26-31,34-43H2,1-15H3/b32-24-,33-25-,44-22?,45-23-. The third kappa shape index (κ3) is 28.1. The van der Waals surface area contributed by atoms with Crippen LogP contribution in [-0.2, 0) is 52.2 Å². The molecular weight excluding hydrogens is 1240 g/mol. The second-order valence-corrected chi connectivity index (χ2v) is 30.1. The number of rotatable bonds is 15. The Morgan fingerprint density at radius 2 is 0.845 bits per heavy atom. The first kappa shape index (κ1) is 84.4. The third-order valence-corrected chi connectivity index (χ3v) is 21.9. The van der Waals surface area contributed by atoms with Gasteiger partial charge < -0.3 is 88.6 Å².